The van der Waals surface area contributed by atoms with Gasteiger partial charge >= 0.3 is 0 Å². The summed E-state index contributed by atoms with van der Waals surface area (Å²) in [6, 6.07) is 10.5. The van der Waals surface area contributed by atoms with Crippen molar-refractivity contribution >= 4 is 11.8 Å². The smallest absolute Gasteiger partial charge is 0.237 e. The maximum atomic E-state index is 5.74. The molecule has 0 amide bonds. The maximum absolute atomic E-state index is 5.74. The van der Waals surface area contributed by atoms with E-state index in [1.54, 1.807) is 0 Å². The molecule has 2 aromatic rings. The third kappa shape index (κ3) is 2.28. The second-order valence-electron chi connectivity index (χ2n) is 5.69. The van der Waals surface area contributed by atoms with E-state index in [0.717, 1.165) is 36.8 Å². The summed E-state index contributed by atoms with van der Waals surface area (Å²) < 4.78 is 11.4. The molecule has 4 nitrogen and oxygen atoms in total. The average Bonchev–Trinajstić information content (AvgIpc) is 2.98. The van der Waals surface area contributed by atoms with E-state index in [-0.39, 0.29) is 11.5 Å². The van der Waals surface area contributed by atoms with Crippen molar-refractivity contribution in [2.75, 3.05) is 18.1 Å². The highest BCUT2D eigenvalue weighted by molar-refractivity contribution is 7.99. The van der Waals surface area contributed by atoms with E-state index in [1.807, 2.05) is 17.8 Å². The van der Waals surface area contributed by atoms with Crippen LogP contribution in [0.3, 0.4) is 0 Å². The van der Waals surface area contributed by atoms with Gasteiger partial charge in [0.15, 0.2) is 0 Å². The molecule has 0 unspecified atom stereocenters. The lowest BCUT2D eigenvalue weighted by atomic mass is 9.64. The monoisotopic (exact) mass is 302 g/mol. The van der Waals surface area contributed by atoms with Crippen LogP contribution in [0.2, 0.25) is 0 Å². The van der Waals surface area contributed by atoms with Crippen LogP contribution in [0.25, 0.3) is 0 Å². The predicted molar refractivity (Wildman–Crippen MR) is 81.4 cm³/mol. The third-order valence-corrected chi connectivity index (χ3v) is 5.48. The highest BCUT2D eigenvalue weighted by Gasteiger charge is 2.45. The minimum atomic E-state index is -0.0751. The molecule has 5 heteroatoms. The van der Waals surface area contributed by atoms with Crippen LogP contribution in [-0.4, -0.2) is 28.3 Å². The zero-order valence-corrected chi connectivity index (χ0v) is 12.6. The molecule has 4 rings (SSSR count). The molecule has 1 aromatic heterocycles. The number of rotatable bonds is 3. The number of ether oxygens (including phenoxy) is 1. The van der Waals surface area contributed by atoms with Crippen molar-refractivity contribution in [3.63, 3.8) is 0 Å². The van der Waals surface area contributed by atoms with Gasteiger partial charge in [-0.3, -0.25) is 0 Å². The number of aromatic nitrogens is 2. The van der Waals surface area contributed by atoms with Gasteiger partial charge in [0.2, 0.25) is 11.7 Å². The van der Waals surface area contributed by atoms with Gasteiger partial charge in [-0.25, -0.2) is 0 Å². The standard InChI is InChI=1S/C16H18N2O2S/c1-2-5-12(6-3-1)16(7-4-8-16)15-17-14(18-20-15)13-11-21-10-9-19-13/h1-3,5-6,13H,4,7-11H2/t13-/m1/s1. The zero-order valence-electron chi connectivity index (χ0n) is 11.8. The summed E-state index contributed by atoms with van der Waals surface area (Å²) in [4.78, 5) is 4.69. The highest BCUT2D eigenvalue weighted by Crippen LogP contribution is 2.48. The molecule has 1 atom stereocenters. The fraction of sp³-hybridized carbons (Fsp3) is 0.500. The molecule has 2 heterocycles. The summed E-state index contributed by atoms with van der Waals surface area (Å²) in [6.07, 6.45) is 3.36. The lowest BCUT2D eigenvalue weighted by molar-refractivity contribution is 0.0677. The lowest BCUT2D eigenvalue weighted by Gasteiger charge is -2.38. The van der Waals surface area contributed by atoms with Gasteiger partial charge < -0.3 is 9.26 Å². The molecule has 0 bridgehead atoms. The molecule has 1 aliphatic heterocycles. The molecule has 0 spiro atoms. The Balaban J connectivity index is 1.64. The third-order valence-electron chi connectivity index (χ3n) is 4.49. The second-order valence-corrected chi connectivity index (χ2v) is 6.84. The van der Waals surface area contributed by atoms with Crippen LogP contribution >= 0.6 is 11.8 Å². The van der Waals surface area contributed by atoms with E-state index in [2.05, 4.69) is 34.4 Å². The van der Waals surface area contributed by atoms with E-state index in [4.69, 9.17) is 9.26 Å². The van der Waals surface area contributed by atoms with Crippen molar-refractivity contribution in [1.82, 2.24) is 10.1 Å². The van der Waals surface area contributed by atoms with E-state index in [0.29, 0.717) is 5.82 Å². The molecule has 21 heavy (non-hydrogen) atoms. The van der Waals surface area contributed by atoms with Gasteiger partial charge in [0, 0.05) is 11.5 Å². The molecular formula is C16H18N2O2S. The van der Waals surface area contributed by atoms with Crippen LogP contribution in [0.1, 0.15) is 42.6 Å². The van der Waals surface area contributed by atoms with Gasteiger partial charge in [-0.2, -0.15) is 16.7 Å². The first-order chi connectivity index (χ1) is 10.4. The molecule has 0 N–H and O–H groups in total. The van der Waals surface area contributed by atoms with Crippen LogP contribution < -0.4 is 0 Å². The first-order valence-corrected chi connectivity index (χ1v) is 8.63. The van der Waals surface area contributed by atoms with Crippen LogP contribution in [0.5, 0.6) is 0 Å². The number of hydrogen-bond acceptors (Lipinski definition) is 5. The SMILES string of the molecule is c1ccc(C2(c3nc([C@H]4CSCCO4)no3)CCC2)cc1. The van der Waals surface area contributed by atoms with Crippen molar-refractivity contribution in [3.8, 4) is 0 Å². The molecule has 1 aliphatic carbocycles. The largest absolute Gasteiger partial charge is 0.368 e. The normalized spacial score (nSPS) is 24.5. The zero-order chi connectivity index (χ0) is 14.1. The van der Waals surface area contributed by atoms with Crippen molar-refractivity contribution in [1.29, 1.82) is 0 Å². The van der Waals surface area contributed by atoms with Gasteiger partial charge in [0.05, 0.1) is 12.0 Å². The Morgan fingerprint density at radius 3 is 2.71 bits per heavy atom. The molecule has 1 aromatic carbocycles. The molecular weight excluding hydrogens is 284 g/mol. The van der Waals surface area contributed by atoms with Gasteiger partial charge in [0.25, 0.3) is 0 Å². The number of hydrogen-bond donors (Lipinski definition) is 0. The summed E-state index contributed by atoms with van der Waals surface area (Å²) in [7, 11) is 0. The highest BCUT2D eigenvalue weighted by atomic mass is 32.2. The quantitative estimate of drug-likeness (QED) is 0.870. The number of thioether (sulfide) groups is 1. The van der Waals surface area contributed by atoms with E-state index in [9.17, 15) is 0 Å². The van der Waals surface area contributed by atoms with E-state index >= 15 is 0 Å². The number of benzene rings is 1. The minimum absolute atomic E-state index is 0.0193. The summed E-state index contributed by atoms with van der Waals surface area (Å²) in [5.41, 5.74) is 1.21. The molecule has 0 radical (unpaired) electrons. The molecule has 2 aliphatic rings. The summed E-state index contributed by atoms with van der Waals surface area (Å²) in [5, 5.41) is 4.19. The van der Waals surface area contributed by atoms with Crippen LogP contribution in [0, 0.1) is 0 Å². The summed E-state index contributed by atoms with van der Waals surface area (Å²) in [6.45, 7) is 0.767. The fourth-order valence-corrected chi connectivity index (χ4v) is 3.95. The second kappa shape index (κ2) is 5.46. The predicted octanol–water partition coefficient (Wildman–Crippen LogP) is 3.34. The first-order valence-electron chi connectivity index (χ1n) is 7.47. The Hall–Kier alpha value is -1.33. The lowest BCUT2D eigenvalue weighted by Crippen LogP contribution is -2.35. The van der Waals surface area contributed by atoms with Crippen LogP contribution in [0.4, 0.5) is 0 Å². The van der Waals surface area contributed by atoms with Gasteiger partial charge in [-0.1, -0.05) is 41.9 Å². The Bertz CT molecular complexity index is 604. The topological polar surface area (TPSA) is 48.2 Å². The van der Waals surface area contributed by atoms with E-state index < -0.39 is 0 Å². The van der Waals surface area contributed by atoms with Crippen LogP contribution in [0.15, 0.2) is 34.9 Å². The summed E-state index contributed by atoms with van der Waals surface area (Å²) in [5.74, 6) is 3.43. The van der Waals surface area contributed by atoms with Crippen molar-refractivity contribution in [2.45, 2.75) is 30.8 Å². The average molecular weight is 302 g/mol. The van der Waals surface area contributed by atoms with Crippen molar-refractivity contribution in [3.05, 3.63) is 47.6 Å². The van der Waals surface area contributed by atoms with Crippen molar-refractivity contribution in [2.24, 2.45) is 0 Å². The van der Waals surface area contributed by atoms with Crippen molar-refractivity contribution < 1.29 is 9.26 Å². The number of nitrogens with zero attached hydrogens (tertiary/aromatic N) is 2. The first kappa shape index (κ1) is 13.3. The van der Waals surface area contributed by atoms with Gasteiger partial charge in [-0.05, 0) is 18.4 Å². The Kier molecular flexibility index (Phi) is 3.47. The Morgan fingerprint density at radius 2 is 2.05 bits per heavy atom. The Morgan fingerprint density at radius 1 is 1.19 bits per heavy atom. The minimum Gasteiger partial charge on any atom is -0.368 e. The molecule has 2 fully saturated rings. The molecule has 1 saturated heterocycles. The van der Waals surface area contributed by atoms with Crippen LogP contribution in [-0.2, 0) is 10.2 Å². The van der Waals surface area contributed by atoms with Gasteiger partial charge in [-0.15, -0.1) is 0 Å². The van der Waals surface area contributed by atoms with Gasteiger partial charge in [0.1, 0.15) is 6.10 Å². The molecule has 1 saturated carbocycles. The Labute approximate surface area is 128 Å². The molecule has 110 valence electrons. The maximum Gasteiger partial charge on any atom is 0.237 e. The fourth-order valence-electron chi connectivity index (χ4n) is 3.11. The van der Waals surface area contributed by atoms with E-state index in [1.165, 1.54) is 12.0 Å². The summed E-state index contributed by atoms with van der Waals surface area (Å²) >= 11 is 1.88.